The van der Waals surface area contributed by atoms with E-state index >= 15 is 0 Å². The van der Waals surface area contributed by atoms with Crippen LogP contribution >= 0.6 is 0 Å². The number of carboxylic acids is 1. The summed E-state index contributed by atoms with van der Waals surface area (Å²) in [7, 11) is 0. The molecule has 0 aliphatic heterocycles. The third kappa shape index (κ3) is 3.19. The van der Waals surface area contributed by atoms with E-state index in [1.54, 1.807) is 6.92 Å². The minimum Gasteiger partial charge on any atom is -0.478 e. The zero-order valence-corrected chi connectivity index (χ0v) is 7.99. The second kappa shape index (κ2) is 4.42. The maximum absolute atomic E-state index is 10.5. The topological polar surface area (TPSA) is 63.3 Å². The zero-order chi connectivity index (χ0) is 9.84. The van der Waals surface area contributed by atoms with Crippen molar-refractivity contribution in [2.24, 2.45) is 11.7 Å². The highest BCUT2D eigenvalue weighted by molar-refractivity contribution is 5.85. The van der Waals surface area contributed by atoms with Crippen molar-refractivity contribution >= 4 is 5.97 Å². The minimum absolute atomic E-state index is 0.329. The van der Waals surface area contributed by atoms with Crippen LogP contribution in [0.3, 0.4) is 0 Å². The van der Waals surface area contributed by atoms with Crippen LogP contribution in [0.15, 0.2) is 11.6 Å². The molecule has 1 fully saturated rings. The third-order valence-corrected chi connectivity index (χ3v) is 2.64. The molecule has 3 heteroatoms. The summed E-state index contributed by atoms with van der Waals surface area (Å²) < 4.78 is 0. The van der Waals surface area contributed by atoms with Gasteiger partial charge in [-0.3, -0.25) is 0 Å². The van der Waals surface area contributed by atoms with Gasteiger partial charge in [0.2, 0.25) is 0 Å². The van der Waals surface area contributed by atoms with E-state index in [9.17, 15) is 4.79 Å². The molecule has 0 radical (unpaired) electrons. The quantitative estimate of drug-likeness (QED) is 0.638. The van der Waals surface area contributed by atoms with Gasteiger partial charge in [-0.05, 0) is 38.5 Å². The van der Waals surface area contributed by atoms with Gasteiger partial charge in [-0.1, -0.05) is 6.08 Å². The Morgan fingerprint density at radius 3 is 2.38 bits per heavy atom. The van der Waals surface area contributed by atoms with E-state index < -0.39 is 5.97 Å². The fourth-order valence-corrected chi connectivity index (χ4v) is 1.74. The summed E-state index contributed by atoms with van der Waals surface area (Å²) in [5.41, 5.74) is 6.21. The van der Waals surface area contributed by atoms with Gasteiger partial charge < -0.3 is 10.8 Å². The van der Waals surface area contributed by atoms with Crippen LogP contribution in [0.4, 0.5) is 0 Å². The SMILES string of the molecule is CC(=CC1CCC(N)CC1)C(=O)O. The highest BCUT2D eigenvalue weighted by Gasteiger charge is 2.17. The van der Waals surface area contributed by atoms with E-state index in [-0.39, 0.29) is 0 Å². The van der Waals surface area contributed by atoms with Gasteiger partial charge in [0, 0.05) is 11.6 Å². The lowest BCUT2D eigenvalue weighted by Crippen LogP contribution is -2.26. The Morgan fingerprint density at radius 1 is 1.38 bits per heavy atom. The Hall–Kier alpha value is -0.830. The summed E-state index contributed by atoms with van der Waals surface area (Å²) in [6.07, 6.45) is 5.98. The highest BCUT2D eigenvalue weighted by Crippen LogP contribution is 2.25. The van der Waals surface area contributed by atoms with Crippen molar-refractivity contribution in [3.05, 3.63) is 11.6 Å². The molecular formula is C10H17NO2. The fourth-order valence-electron chi connectivity index (χ4n) is 1.74. The first kappa shape index (κ1) is 10.3. The molecule has 0 aromatic carbocycles. The van der Waals surface area contributed by atoms with Crippen LogP contribution in [-0.2, 0) is 4.79 Å². The van der Waals surface area contributed by atoms with Gasteiger partial charge in [0.05, 0.1) is 0 Å². The van der Waals surface area contributed by atoms with Gasteiger partial charge in [-0.2, -0.15) is 0 Å². The molecule has 1 aliphatic rings. The number of rotatable bonds is 2. The molecule has 0 aromatic rings. The zero-order valence-electron chi connectivity index (χ0n) is 7.99. The van der Waals surface area contributed by atoms with Crippen LogP contribution in [0.5, 0.6) is 0 Å². The number of allylic oxidation sites excluding steroid dienone is 1. The number of carbonyl (C=O) groups is 1. The number of aliphatic carboxylic acids is 1. The van der Waals surface area contributed by atoms with E-state index in [0.717, 1.165) is 25.7 Å². The maximum Gasteiger partial charge on any atom is 0.330 e. The van der Waals surface area contributed by atoms with Crippen LogP contribution in [0.1, 0.15) is 32.6 Å². The van der Waals surface area contributed by atoms with E-state index in [1.807, 2.05) is 6.08 Å². The molecule has 1 aliphatic carbocycles. The van der Waals surface area contributed by atoms with Crippen LogP contribution < -0.4 is 5.73 Å². The van der Waals surface area contributed by atoms with E-state index in [2.05, 4.69) is 0 Å². The molecule has 1 rings (SSSR count). The summed E-state index contributed by atoms with van der Waals surface area (Å²) in [5.74, 6) is -0.384. The van der Waals surface area contributed by atoms with Crippen molar-refractivity contribution in [1.29, 1.82) is 0 Å². The van der Waals surface area contributed by atoms with Gasteiger partial charge in [0.1, 0.15) is 0 Å². The second-order valence-electron chi connectivity index (χ2n) is 3.83. The first-order valence-electron chi connectivity index (χ1n) is 4.77. The van der Waals surface area contributed by atoms with Gasteiger partial charge in [-0.25, -0.2) is 4.79 Å². The first-order valence-corrected chi connectivity index (χ1v) is 4.77. The maximum atomic E-state index is 10.5. The molecule has 0 atom stereocenters. The fraction of sp³-hybridized carbons (Fsp3) is 0.700. The second-order valence-corrected chi connectivity index (χ2v) is 3.83. The van der Waals surface area contributed by atoms with Crippen molar-refractivity contribution in [3.63, 3.8) is 0 Å². The number of hydrogen-bond acceptors (Lipinski definition) is 2. The van der Waals surface area contributed by atoms with Crippen molar-refractivity contribution in [2.45, 2.75) is 38.6 Å². The molecule has 0 heterocycles. The predicted molar refractivity (Wildman–Crippen MR) is 51.3 cm³/mol. The molecule has 1 saturated carbocycles. The molecule has 0 unspecified atom stereocenters. The molecule has 0 spiro atoms. The van der Waals surface area contributed by atoms with Crippen LogP contribution in [0.25, 0.3) is 0 Å². The Labute approximate surface area is 78.6 Å². The molecule has 3 N–H and O–H groups in total. The number of hydrogen-bond donors (Lipinski definition) is 2. The summed E-state index contributed by atoms with van der Waals surface area (Å²) in [5, 5.41) is 8.67. The minimum atomic E-state index is -0.810. The lowest BCUT2D eigenvalue weighted by molar-refractivity contribution is -0.132. The third-order valence-electron chi connectivity index (χ3n) is 2.64. The van der Waals surface area contributed by atoms with Gasteiger partial charge in [0.25, 0.3) is 0 Å². The Balaban J connectivity index is 2.46. The van der Waals surface area contributed by atoms with Gasteiger partial charge >= 0.3 is 5.97 Å². The molecule has 74 valence electrons. The summed E-state index contributed by atoms with van der Waals surface area (Å²) in [6, 6.07) is 0.329. The van der Waals surface area contributed by atoms with Crippen LogP contribution in [0.2, 0.25) is 0 Å². The van der Waals surface area contributed by atoms with Gasteiger partial charge in [0.15, 0.2) is 0 Å². The number of nitrogens with two attached hydrogens (primary N) is 1. The first-order chi connectivity index (χ1) is 6.09. The molecule has 0 bridgehead atoms. The molecule has 0 saturated heterocycles. The Kier molecular flexibility index (Phi) is 3.48. The standard InChI is InChI=1S/C10H17NO2/c1-7(10(12)13)6-8-2-4-9(11)5-3-8/h6,8-9H,2-5,11H2,1H3,(H,12,13). The Morgan fingerprint density at radius 2 is 1.92 bits per heavy atom. The van der Waals surface area contributed by atoms with E-state index in [1.165, 1.54) is 0 Å². The summed E-state index contributed by atoms with van der Waals surface area (Å²) in [6.45, 7) is 1.65. The van der Waals surface area contributed by atoms with Crippen molar-refractivity contribution in [1.82, 2.24) is 0 Å². The smallest absolute Gasteiger partial charge is 0.330 e. The predicted octanol–water partition coefficient (Wildman–Crippen LogP) is 1.53. The molecular weight excluding hydrogens is 166 g/mol. The van der Waals surface area contributed by atoms with E-state index in [0.29, 0.717) is 17.5 Å². The largest absolute Gasteiger partial charge is 0.478 e. The lowest BCUT2D eigenvalue weighted by atomic mass is 9.85. The molecule has 13 heavy (non-hydrogen) atoms. The van der Waals surface area contributed by atoms with Crippen molar-refractivity contribution in [2.75, 3.05) is 0 Å². The highest BCUT2D eigenvalue weighted by atomic mass is 16.4. The van der Waals surface area contributed by atoms with Crippen molar-refractivity contribution < 1.29 is 9.90 Å². The lowest BCUT2D eigenvalue weighted by Gasteiger charge is -2.23. The van der Waals surface area contributed by atoms with Gasteiger partial charge in [-0.15, -0.1) is 0 Å². The number of carboxylic acid groups (broad SMARTS) is 1. The molecule has 0 aromatic heterocycles. The summed E-state index contributed by atoms with van der Waals surface area (Å²) in [4.78, 5) is 10.5. The molecule has 3 nitrogen and oxygen atoms in total. The van der Waals surface area contributed by atoms with Crippen molar-refractivity contribution in [3.8, 4) is 0 Å². The average Bonchev–Trinajstić information content (AvgIpc) is 2.08. The monoisotopic (exact) mass is 183 g/mol. The average molecular weight is 183 g/mol. The molecule has 0 amide bonds. The van der Waals surface area contributed by atoms with Crippen LogP contribution in [-0.4, -0.2) is 17.1 Å². The summed E-state index contributed by atoms with van der Waals surface area (Å²) >= 11 is 0. The normalized spacial score (nSPS) is 30.2. The van der Waals surface area contributed by atoms with E-state index in [4.69, 9.17) is 10.8 Å². The van der Waals surface area contributed by atoms with Crippen LogP contribution in [0, 0.1) is 5.92 Å². The Bertz CT molecular complexity index is 215.